The molecule has 0 spiro atoms. The van der Waals surface area contributed by atoms with E-state index in [4.69, 9.17) is 12.2 Å². The van der Waals surface area contributed by atoms with Crippen LogP contribution in [0.4, 0.5) is 4.39 Å². The minimum absolute atomic E-state index is 0.219. The molecule has 0 aliphatic carbocycles. The maximum Gasteiger partial charge on any atom is 0.169 e. The summed E-state index contributed by atoms with van der Waals surface area (Å²) in [6.07, 6.45) is 2.12. The molecule has 0 aromatic heterocycles. The van der Waals surface area contributed by atoms with Crippen LogP contribution in [0, 0.1) is 11.7 Å². The summed E-state index contributed by atoms with van der Waals surface area (Å²) in [6, 6.07) is 6.39. The van der Waals surface area contributed by atoms with Crippen molar-refractivity contribution >= 4 is 17.3 Å². The number of rotatable bonds is 3. The van der Waals surface area contributed by atoms with Gasteiger partial charge in [-0.2, -0.15) is 0 Å². The fourth-order valence-corrected chi connectivity index (χ4v) is 2.53. The second-order valence-electron chi connectivity index (χ2n) is 4.92. The molecule has 1 fully saturated rings. The molecule has 2 rings (SSSR count). The molecule has 1 atom stereocenters. The van der Waals surface area contributed by atoms with E-state index < -0.39 is 0 Å². The molecule has 1 saturated heterocycles. The number of halogens is 1. The number of thiocarbonyl (C=S) groups is 1. The first-order chi connectivity index (χ1) is 9.19. The SMILES string of the molecule is OCC1CCCN(C(=S)NCc2ccc(F)cc2)C1. The summed E-state index contributed by atoms with van der Waals surface area (Å²) in [7, 11) is 0. The molecule has 0 radical (unpaired) electrons. The van der Waals surface area contributed by atoms with Crippen molar-refractivity contribution in [3.63, 3.8) is 0 Å². The van der Waals surface area contributed by atoms with Crippen LogP contribution in [0.1, 0.15) is 18.4 Å². The van der Waals surface area contributed by atoms with Gasteiger partial charge in [0, 0.05) is 26.2 Å². The molecule has 1 heterocycles. The van der Waals surface area contributed by atoms with Gasteiger partial charge in [-0.05, 0) is 48.7 Å². The zero-order chi connectivity index (χ0) is 13.7. The van der Waals surface area contributed by atoms with Gasteiger partial charge in [0.1, 0.15) is 5.82 Å². The van der Waals surface area contributed by atoms with E-state index in [1.165, 1.54) is 12.1 Å². The molecule has 2 N–H and O–H groups in total. The molecule has 1 unspecified atom stereocenters. The molecule has 1 aliphatic rings. The van der Waals surface area contributed by atoms with Crippen LogP contribution in [0.5, 0.6) is 0 Å². The van der Waals surface area contributed by atoms with Crippen LogP contribution in [0.25, 0.3) is 0 Å². The Kier molecular flexibility index (Phi) is 5.10. The maximum absolute atomic E-state index is 12.8. The molecule has 1 aliphatic heterocycles. The third-order valence-electron chi connectivity index (χ3n) is 3.42. The summed E-state index contributed by atoms with van der Waals surface area (Å²) in [6.45, 7) is 2.56. The highest BCUT2D eigenvalue weighted by atomic mass is 32.1. The maximum atomic E-state index is 12.8. The van der Waals surface area contributed by atoms with Crippen LogP contribution >= 0.6 is 12.2 Å². The Balaban J connectivity index is 1.82. The highest BCUT2D eigenvalue weighted by Crippen LogP contribution is 2.15. The van der Waals surface area contributed by atoms with Crippen LogP contribution in [-0.4, -0.2) is 34.8 Å². The van der Waals surface area contributed by atoms with Crippen LogP contribution in [0.3, 0.4) is 0 Å². The monoisotopic (exact) mass is 282 g/mol. The van der Waals surface area contributed by atoms with Gasteiger partial charge in [-0.15, -0.1) is 0 Å². The van der Waals surface area contributed by atoms with Crippen molar-refractivity contribution in [3.05, 3.63) is 35.6 Å². The van der Waals surface area contributed by atoms with Crippen molar-refractivity contribution in [1.29, 1.82) is 0 Å². The summed E-state index contributed by atoms with van der Waals surface area (Å²) < 4.78 is 12.8. The van der Waals surface area contributed by atoms with Gasteiger partial charge in [0.2, 0.25) is 0 Å². The highest BCUT2D eigenvalue weighted by molar-refractivity contribution is 7.80. The molecule has 0 amide bonds. The van der Waals surface area contributed by atoms with Crippen LogP contribution < -0.4 is 5.32 Å². The Morgan fingerprint density at radius 1 is 1.42 bits per heavy atom. The molecule has 0 saturated carbocycles. The molecule has 5 heteroatoms. The van der Waals surface area contributed by atoms with Crippen molar-refractivity contribution < 1.29 is 9.50 Å². The van der Waals surface area contributed by atoms with Crippen molar-refractivity contribution in [2.75, 3.05) is 19.7 Å². The van der Waals surface area contributed by atoms with Gasteiger partial charge in [-0.3, -0.25) is 0 Å². The zero-order valence-electron chi connectivity index (χ0n) is 10.8. The Morgan fingerprint density at radius 3 is 2.84 bits per heavy atom. The average Bonchev–Trinajstić information content (AvgIpc) is 2.46. The van der Waals surface area contributed by atoms with E-state index in [2.05, 4.69) is 10.2 Å². The predicted molar refractivity (Wildman–Crippen MR) is 77.2 cm³/mol. The van der Waals surface area contributed by atoms with Gasteiger partial charge in [0.15, 0.2) is 5.11 Å². The van der Waals surface area contributed by atoms with Gasteiger partial charge in [-0.1, -0.05) is 12.1 Å². The summed E-state index contributed by atoms with van der Waals surface area (Å²) in [4.78, 5) is 2.10. The van der Waals surface area contributed by atoms with Gasteiger partial charge < -0.3 is 15.3 Å². The number of hydrogen-bond acceptors (Lipinski definition) is 2. The molecule has 104 valence electrons. The minimum Gasteiger partial charge on any atom is -0.396 e. The Hall–Kier alpha value is -1.20. The van der Waals surface area contributed by atoms with E-state index in [9.17, 15) is 9.50 Å². The summed E-state index contributed by atoms with van der Waals surface area (Å²) in [5.74, 6) is 0.0902. The Bertz CT molecular complexity index is 424. The fourth-order valence-electron chi connectivity index (χ4n) is 2.29. The molecule has 0 bridgehead atoms. The lowest BCUT2D eigenvalue weighted by molar-refractivity contribution is 0.160. The van der Waals surface area contributed by atoms with E-state index in [1.54, 1.807) is 12.1 Å². The first kappa shape index (κ1) is 14.2. The number of piperidine rings is 1. The van der Waals surface area contributed by atoms with E-state index in [0.29, 0.717) is 17.6 Å². The average molecular weight is 282 g/mol. The molecule has 1 aromatic carbocycles. The second kappa shape index (κ2) is 6.82. The molecule has 3 nitrogen and oxygen atoms in total. The van der Waals surface area contributed by atoms with E-state index >= 15 is 0 Å². The third-order valence-corrected chi connectivity index (χ3v) is 3.82. The number of nitrogens with one attached hydrogen (secondary N) is 1. The number of benzene rings is 1. The zero-order valence-corrected chi connectivity index (χ0v) is 11.6. The number of hydrogen-bond donors (Lipinski definition) is 2. The minimum atomic E-state index is -0.229. The number of likely N-dealkylation sites (tertiary alicyclic amines) is 1. The summed E-state index contributed by atoms with van der Waals surface area (Å²) in [5, 5.41) is 13.1. The molecule has 19 heavy (non-hydrogen) atoms. The van der Waals surface area contributed by atoms with Crippen LogP contribution in [0.15, 0.2) is 24.3 Å². The van der Waals surface area contributed by atoms with Gasteiger partial charge in [0.05, 0.1) is 0 Å². The van der Waals surface area contributed by atoms with Crippen LogP contribution in [0.2, 0.25) is 0 Å². The first-order valence-electron chi connectivity index (χ1n) is 6.57. The van der Waals surface area contributed by atoms with Gasteiger partial charge in [0.25, 0.3) is 0 Å². The summed E-state index contributed by atoms with van der Waals surface area (Å²) >= 11 is 5.36. The van der Waals surface area contributed by atoms with Crippen molar-refractivity contribution in [2.45, 2.75) is 19.4 Å². The van der Waals surface area contributed by atoms with E-state index in [0.717, 1.165) is 31.5 Å². The fraction of sp³-hybridized carbons (Fsp3) is 0.500. The highest BCUT2D eigenvalue weighted by Gasteiger charge is 2.20. The smallest absolute Gasteiger partial charge is 0.169 e. The number of aliphatic hydroxyl groups excluding tert-OH is 1. The lowest BCUT2D eigenvalue weighted by atomic mass is 9.99. The standard InChI is InChI=1S/C14H19FN2OS/c15-13-5-3-11(4-6-13)8-16-14(19)17-7-1-2-12(9-17)10-18/h3-6,12,18H,1-2,7-10H2,(H,16,19). The van der Waals surface area contributed by atoms with Crippen molar-refractivity contribution in [2.24, 2.45) is 5.92 Å². The second-order valence-corrected chi connectivity index (χ2v) is 5.31. The van der Waals surface area contributed by atoms with Crippen LogP contribution in [-0.2, 0) is 6.54 Å². The van der Waals surface area contributed by atoms with Gasteiger partial charge in [-0.25, -0.2) is 4.39 Å². The first-order valence-corrected chi connectivity index (χ1v) is 6.98. The Morgan fingerprint density at radius 2 is 2.16 bits per heavy atom. The number of nitrogens with zero attached hydrogens (tertiary/aromatic N) is 1. The largest absolute Gasteiger partial charge is 0.396 e. The summed E-state index contributed by atoms with van der Waals surface area (Å²) in [5.41, 5.74) is 1.000. The lowest BCUT2D eigenvalue weighted by Crippen LogP contribution is -2.45. The molecular formula is C14H19FN2OS. The Labute approximate surface area is 118 Å². The van der Waals surface area contributed by atoms with Crippen molar-refractivity contribution in [1.82, 2.24) is 10.2 Å². The van der Waals surface area contributed by atoms with Crippen molar-refractivity contribution in [3.8, 4) is 0 Å². The third kappa shape index (κ3) is 4.14. The normalized spacial score (nSPS) is 19.3. The van der Waals surface area contributed by atoms with Gasteiger partial charge >= 0.3 is 0 Å². The number of aliphatic hydroxyl groups is 1. The molecular weight excluding hydrogens is 263 g/mol. The quantitative estimate of drug-likeness (QED) is 0.830. The lowest BCUT2D eigenvalue weighted by Gasteiger charge is -2.33. The predicted octanol–water partition coefficient (Wildman–Crippen LogP) is 1.90. The topological polar surface area (TPSA) is 35.5 Å². The van der Waals surface area contributed by atoms with E-state index in [1.807, 2.05) is 0 Å². The molecule has 1 aromatic rings. The van der Waals surface area contributed by atoms with E-state index in [-0.39, 0.29) is 12.4 Å².